The monoisotopic (exact) mass is 406 g/mol. The molecule has 1 fully saturated rings. The molecule has 150 valence electrons. The average Bonchev–Trinajstić information content (AvgIpc) is 2.71. The molecule has 1 aliphatic rings. The van der Waals surface area contributed by atoms with Crippen molar-refractivity contribution in [3.05, 3.63) is 35.6 Å². The van der Waals surface area contributed by atoms with Gasteiger partial charge < -0.3 is 24.8 Å². The second-order valence-electron chi connectivity index (χ2n) is 6.44. The van der Waals surface area contributed by atoms with Crippen LogP contribution in [-0.2, 0) is 0 Å². The van der Waals surface area contributed by atoms with Crippen molar-refractivity contribution in [2.45, 2.75) is 37.8 Å². The van der Waals surface area contributed by atoms with Crippen LogP contribution in [-0.4, -0.2) is 42.4 Å². The Morgan fingerprint density at radius 3 is 2.39 bits per heavy atom. The smallest absolute Gasteiger partial charge is 0.319 e. The largest absolute Gasteiger partial charge is 0.493 e. The Hall–Kier alpha value is -2.74. The number of carbonyl (C=O) groups is 1. The molecule has 0 saturated heterocycles. The first-order chi connectivity index (χ1) is 13.6. The second kappa shape index (κ2) is 9.45. The van der Waals surface area contributed by atoms with E-state index in [9.17, 15) is 4.79 Å². The minimum atomic E-state index is -0.252. The van der Waals surface area contributed by atoms with Gasteiger partial charge in [0.2, 0.25) is 0 Å². The van der Waals surface area contributed by atoms with E-state index < -0.39 is 0 Å². The molecule has 2 aromatic rings. The van der Waals surface area contributed by atoms with E-state index >= 15 is 0 Å². The molecule has 1 aliphatic carbocycles. The summed E-state index contributed by atoms with van der Waals surface area (Å²) < 4.78 is 16.2. The number of amides is 2. The Labute approximate surface area is 168 Å². The Balaban J connectivity index is 1.45. The van der Waals surface area contributed by atoms with Crippen molar-refractivity contribution in [1.29, 1.82) is 0 Å². The number of aromatic nitrogens is 2. The normalized spacial score (nSPS) is 18.8. The third kappa shape index (κ3) is 5.39. The molecule has 3 rings (SSSR count). The van der Waals surface area contributed by atoms with Gasteiger partial charge in [-0.15, -0.1) is 0 Å². The predicted octanol–water partition coefficient (Wildman–Crippen LogP) is 3.66. The van der Waals surface area contributed by atoms with E-state index in [1.54, 1.807) is 32.4 Å². The van der Waals surface area contributed by atoms with Crippen LogP contribution in [0.3, 0.4) is 0 Å². The molecule has 2 N–H and O–H groups in total. The van der Waals surface area contributed by atoms with Crippen LogP contribution in [0.15, 0.2) is 30.6 Å². The van der Waals surface area contributed by atoms with Crippen LogP contribution in [0.4, 0.5) is 10.5 Å². The number of halogens is 1. The van der Waals surface area contributed by atoms with Crippen LogP contribution in [0.2, 0.25) is 5.02 Å². The number of carbonyl (C=O) groups excluding carboxylic acids is 1. The number of nitrogens with one attached hydrogen (secondary N) is 2. The summed E-state index contributed by atoms with van der Waals surface area (Å²) in [7, 11) is 3.12. The van der Waals surface area contributed by atoms with Gasteiger partial charge in [-0.3, -0.25) is 0 Å². The minimum absolute atomic E-state index is 0.0353. The van der Waals surface area contributed by atoms with E-state index in [4.69, 9.17) is 25.8 Å². The molecular weight excluding hydrogens is 384 g/mol. The number of anilines is 1. The van der Waals surface area contributed by atoms with Gasteiger partial charge in [0.25, 0.3) is 0 Å². The molecule has 1 saturated carbocycles. The van der Waals surface area contributed by atoms with E-state index in [1.807, 2.05) is 0 Å². The van der Waals surface area contributed by atoms with E-state index in [-0.39, 0.29) is 18.2 Å². The fourth-order valence-corrected chi connectivity index (χ4v) is 3.20. The lowest BCUT2D eigenvalue weighted by Gasteiger charge is -2.28. The van der Waals surface area contributed by atoms with Crippen molar-refractivity contribution >= 4 is 23.3 Å². The molecule has 2 amide bonds. The molecule has 1 aromatic heterocycles. The van der Waals surface area contributed by atoms with Gasteiger partial charge in [-0.05, 0) is 37.8 Å². The maximum atomic E-state index is 12.3. The number of urea groups is 1. The van der Waals surface area contributed by atoms with E-state index in [0.717, 1.165) is 25.7 Å². The molecule has 0 atom stereocenters. The number of nitrogens with zero attached hydrogens (tertiary/aromatic N) is 2. The topological polar surface area (TPSA) is 94.6 Å². The zero-order valence-corrected chi connectivity index (χ0v) is 16.5. The highest BCUT2D eigenvalue weighted by Crippen LogP contribution is 2.29. The summed E-state index contributed by atoms with van der Waals surface area (Å²) in [6, 6.07) is 5.39. The molecule has 0 radical (unpaired) electrons. The van der Waals surface area contributed by atoms with Gasteiger partial charge in [0.05, 0.1) is 31.6 Å². The molecule has 0 unspecified atom stereocenters. The summed E-state index contributed by atoms with van der Waals surface area (Å²) in [5, 5.41) is 6.29. The number of rotatable bonds is 6. The van der Waals surface area contributed by atoms with Crippen LogP contribution in [0, 0.1) is 0 Å². The van der Waals surface area contributed by atoms with Crippen molar-refractivity contribution in [1.82, 2.24) is 15.3 Å². The van der Waals surface area contributed by atoms with Crippen molar-refractivity contribution in [2.75, 3.05) is 19.5 Å². The third-order valence-corrected chi connectivity index (χ3v) is 4.71. The second-order valence-corrected chi connectivity index (χ2v) is 6.88. The molecule has 0 bridgehead atoms. The number of ether oxygens (including phenoxy) is 3. The number of benzene rings is 1. The van der Waals surface area contributed by atoms with Crippen LogP contribution in [0.25, 0.3) is 0 Å². The molecule has 1 aromatic carbocycles. The number of hydrogen-bond donors (Lipinski definition) is 2. The Kier molecular flexibility index (Phi) is 6.76. The highest BCUT2D eigenvalue weighted by atomic mass is 35.5. The summed E-state index contributed by atoms with van der Waals surface area (Å²) >= 11 is 5.77. The lowest BCUT2D eigenvalue weighted by atomic mass is 9.93. The van der Waals surface area contributed by atoms with Gasteiger partial charge in [0, 0.05) is 17.8 Å². The SMILES string of the molecule is COc1ccc(NC(=O)NC2CCC(Oc3ncc(Cl)cn3)CC2)cc1OC. The van der Waals surface area contributed by atoms with Gasteiger partial charge >= 0.3 is 12.0 Å². The van der Waals surface area contributed by atoms with Crippen LogP contribution in [0.1, 0.15) is 25.7 Å². The van der Waals surface area contributed by atoms with Crippen molar-refractivity contribution < 1.29 is 19.0 Å². The molecule has 8 nitrogen and oxygen atoms in total. The van der Waals surface area contributed by atoms with Gasteiger partial charge in [0.1, 0.15) is 6.10 Å². The molecule has 28 heavy (non-hydrogen) atoms. The van der Waals surface area contributed by atoms with Crippen molar-refractivity contribution in [3.63, 3.8) is 0 Å². The predicted molar refractivity (Wildman–Crippen MR) is 105 cm³/mol. The first kappa shape index (κ1) is 20.0. The number of hydrogen-bond acceptors (Lipinski definition) is 6. The van der Waals surface area contributed by atoms with Crippen LogP contribution in [0.5, 0.6) is 17.5 Å². The minimum Gasteiger partial charge on any atom is -0.493 e. The first-order valence-electron chi connectivity index (χ1n) is 9.01. The van der Waals surface area contributed by atoms with E-state index in [0.29, 0.717) is 28.2 Å². The van der Waals surface area contributed by atoms with Crippen molar-refractivity contribution in [3.8, 4) is 17.5 Å². The summed E-state index contributed by atoms with van der Waals surface area (Å²) in [6.07, 6.45) is 6.31. The summed E-state index contributed by atoms with van der Waals surface area (Å²) in [5.41, 5.74) is 0.632. The van der Waals surface area contributed by atoms with Crippen LogP contribution >= 0.6 is 11.6 Å². The number of methoxy groups -OCH3 is 2. The zero-order chi connectivity index (χ0) is 19.9. The molecule has 0 aliphatic heterocycles. The maximum absolute atomic E-state index is 12.3. The Bertz CT molecular complexity index is 795. The quantitative estimate of drug-likeness (QED) is 0.760. The summed E-state index contributed by atoms with van der Waals surface area (Å²) in [5.74, 6) is 1.17. The van der Waals surface area contributed by atoms with Gasteiger partial charge in [-0.2, -0.15) is 0 Å². The highest BCUT2D eigenvalue weighted by Gasteiger charge is 2.24. The third-order valence-electron chi connectivity index (χ3n) is 4.52. The lowest BCUT2D eigenvalue weighted by Crippen LogP contribution is -2.41. The van der Waals surface area contributed by atoms with E-state index in [1.165, 1.54) is 12.4 Å². The molecule has 0 spiro atoms. The Morgan fingerprint density at radius 1 is 1.07 bits per heavy atom. The zero-order valence-electron chi connectivity index (χ0n) is 15.8. The van der Waals surface area contributed by atoms with E-state index in [2.05, 4.69) is 20.6 Å². The average molecular weight is 407 g/mol. The first-order valence-corrected chi connectivity index (χ1v) is 9.39. The van der Waals surface area contributed by atoms with Gasteiger partial charge in [-0.25, -0.2) is 14.8 Å². The summed E-state index contributed by atoms with van der Waals surface area (Å²) in [4.78, 5) is 20.4. The highest BCUT2D eigenvalue weighted by molar-refractivity contribution is 6.30. The summed E-state index contributed by atoms with van der Waals surface area (Å²) in [6.45, 7) is 0. The van der Waals surface area contributed by atoms with Crippen molar-refractivity contribution in [2.24, 2.45) is 0 Å². The molecular formula is C19H23ClN4O4. The van der Waals surface area contributed by atoms with Gasteiger partial charge in [0.15, 0.2) is 11.5 Å². The van der Waals surface area contributed by atoms with Crippen LogP contribution < -0.4 is 24.8 Å². The molecule has 1 heterocycles. The fraction of sp³-hybridized carbons (Fsp3) is 0.421. The standard InChI is InChI=1S/C19H23ClN4O4/c1-26-16-8-5-14(9-17(16)27-2)24-18(25)23-13-3-6-15(7-4-13)28-19-21-10-12(20)11-22-19/h5,8-11,13,15H,3-4,6-7H2,1-2H3,(H2,23,24,25). The maximum Gasteiger partial charge on any atom is 0.319 e. The lowest BCUT2D eigenvalue weighted by molar-refractivity contribution is 0.129. The Morgan fingerprint density at radius 2 is 1.75 bits per heavy atom. The molecule has 9 heteroatoms. The fourth-order valence-electron chi connectivity index (χ4n) is 3.10. The van der Waals surface area contributed by atoms with Gasteiger partial charge in [-0.1, -0.05) is 11.6 Å².